The van der Waals surface area contributed by atoms with Gasteiger partial charge in [0.05, 0.1) is 6.61 Å². The highest BCUT2D eigenvalue weighted by atomic mass is 32.1. The quantitative estimate of drug-likeness (QED) is 0.740. The summed E-state index contributed by atoms with van der Waals surface area (Å²) in [6.45, 7) is 2.69. The Kier molecular flexibility index (Phi) is 4.57. The summed E-state index contributed by atoms with van der Waals surface area (Å²) in [5.41, 5.74) is 0.444. The van der Waals surface area contributed by atoms with Crippen LogP contribution >= 0.6 is 12.6 Å². The van der Waals surface area contributed by atoms with Gasteiger partial charge in [0.2, 0.25) is 0 Å². The molecule has 1 aliphatic carbocycles. The predicted molar refractivity (Wildman–Crippen MR) is 71.1 cm³/mol. The fourth-order valence-electron chi connectivity index (χ4n) is 3.41. The molecule has 94 valence electrons. The average molecular weight is 243 g/mol. The molecule has 0 aromatic rings. The number of hydrogen-bond acceptors (Lipinski definition) is 3. The highest BCUT2D eigenvalue weighted by molar-refractivity contribution is 7.80. The molecule has 2 aliphatic rings. The van der Waals surface area contributed by atoms with E-state index < -0.39 is 0 Å². The summed E-state index contributed by atoms with van der Waals surface area (Å²) < 4.78 is 0. The summed E-state index contributed by atoms with van der Waals surface area (Å²) in [5, 5.41) is 9.36. The predicted octanol–water partition coefficient (Wildman–Crippen LogP) is 2.32. The molecule has 2 rings (SSSR count). The van der Waals surface area contributed by atoms with Crippen molar-refractivity contribution in [2.45, 2.75) is 51.0 Å². The first-order chi connectivity index (χ1) is 7.79. The highest BCUT2D eigenvalue weighted by Gasteiger charge is 2.35. The van der Waals surface area contributed by atoms with E-state index in [1.165, 1.54) is 58.0 Å². The van der Waals surface area contributed by atoms with Gasteiger partial charge in [-0.15, -0.1) is 0 Å². The van der Waals surface area contributed by atoms with Gasteiger partial charge in [0.15, 0.2) is 0 Å². The monoisotopic (exact) mass is 243 g/mol. The first kappa shape index (κ1) is 12.7. The molecule has 1 atom stereocenters. The molecule has 0 radical (unpaired) electrons. The molecule has 0 aromatic carbocycles. The van der Waals surface area contributed by atoms with Crippen molar-refractivity contribution in [2.24, 2.45) is 5.41 Å². The summed E-state index contributed by atoms with van der Waals surface area (Å²) in [4.78, 5) is 2.52. The minimum Gasteiger partial charge on any atom is -0.395 e. The van der Waals surface area contributed by atoms with Gasteiger partial charge in [0.25, 0.3) is 0 Å². The Morgan fingerprint density at radius 1 is 1.19 bits per heavy atom. The second kappa shape index (κ2) is 5.74. The molecule has 16 heavy (non-hydrogen) atoms. The SMILES string of the molecule is OCC1CCCN1CC1(CS)CCCCC1. The maximum absolute atomic E-state index is 9.36. The van der Waals surface area contributed by atoms with Crippen LogP contribution in [0.25, 0.3) is 0 Å². The van der Waals surface area contributed by atoms with Crippen LogP contribution in [0.4, 0.5) is 0 Å². The first-order valence-corrected chi connectivity index (χ1v) is 7.39. The summed E-state index contributed by atoms with van der Waals surface area (Å²) in [6.07, 6.45) is 9.26. The second-order valence-corrected chi connectivity index (χ2v) is 5.98. The molecule has 2 fully saturated rings. The Hall–Kier alpha value is 0.270. The van der Waals surface area contributed by atoms with Gasteiger partial charge < -0.3 is 5.11 Å². The number of hydrogen-bond donors (Lipinski definition) is 2. The number of rotatable bonds is 4. The molecular formula is C13H25NOS. The minimum atomic E-state index is 0.336. The van der Waals surface area contributed by atoms with E-state index in [9.17, 15) is 5.11 Å². The van der Waals surface area contributed by atoms with Crippen LogP contribution in [-0.2, 0) is 0 Å². The van der Waals surface area contributed by atoms with Crippen molar-refractivity contribution in [1.82, 2.24) is 4.90 Å². The van der Waals surface area contributed by atoms with Gasteiger partial charge in [-0.3, -0.25) is 4.90 Å². The molecule has 1 unspecified atom stereocenters. The van der Waals surface area contributed by atoms with E-state index in [2.05, 4.69) is 17.5 Å². The molecule has 2 nitrogen and oxygen atoms in total. The van der Waals surface area contributed by atoms with Gasteiger partial charge in [-0.25, -0.2) is 0 Å². The molecule has 0 amide bonds. The van der Waals surface area contributed by atoms with E-state index in [1.807, 2.05) is 0 Å². The van der Waals surface area contributed by atoms with E-state index in [0.717, 1.165) is 5.75 Å². The van der Waals surface area contributed by atoms with Crippen LogP contribution in [0.5, 0.6) is 0 Å². The largest absolute Gasteiger partial charge is 0.395 e. The van der Waals surface area contributed by atoms with E-state index in [1.54, 1.807) is 0 Å². The highest BCUT2D eigenvalue weighted by Crippen LogP contribution is 2.39. The van der Waals surface area contributed by atoms with Crippen LogP contribution in [-0.4, -0.2) is 41.5 Å². The topological polar surface area (TPSA) is 23.5 Å². The molecule has 0 spiro atoms. The van der Waals surface area contributed by atoms with Crippen molar-refractivity contribution in [2.75, 3.05) is 25.4 Å². The maximum Gasteiger partial charge on any atom is 0.0586 e. The Morgan fingerprint density at radius 2 is 1.94 bits per heavy atom. The number of thiol groups is 1. The van der Waals surface area contributed by atoms with Gasteiger partial charge >= 0.3 is 0 Å². The normalized spacial score (nSPS) is 30.8. The molecule has 0 bridgehead atoms. The van der Waals surface area contributed by atoms with Crippen LogP contribution in [0, 0.1) is 5.41 Å². The summed E-state index contributed by atoms with van der Waals surface area (Å²) in [5.74, 6) is 1.02. The number of nitrogens with zero attached hydrogens (tertiary/aromatic N) is 1. The lowest BCUT2D eigenvalue weighted by Crippen LogP contribution is -2.43. The molecule has 1 saturated carbocycles. The third-order valence-electron chi connectivity index (χ3n) is 4.50. The van der Waals surface area contributed by atoms with Gasteiger partial charge in [-0.2, -0.15) is 12.6 Å². The van der Waals surface area contributed by atoms with E-state index in [4.69, 9.17) is 0 Å². The van der Waals surface area contributed by atoms with Gasteiger partial charge in [0.1, 0.15) is 0 Å². The molecule has 1 saturated heterocycles. The van der Waals surface area contributed by atoms with Gasteiger partial charge in [-0.1, -0.05) is 19.3 Å². The van der Waals surface area contributed by atoms with E-state index >= 15 is 0 Å². The fourth-order valence-corrected chi connectivity index (χ4v) is 3.83. The molecule has 1 N–H and O–H groups in total. The summed E-state index contributed by atoms with van der Waals surface area (Å²) in [7, 11) is 0. The van der Waals surface area contributed by atoms with Crippen molar-refractivity contribution < 1.29 is 5.11 Å². The Bertz CT molecular complexity index is 216. The van der Waals surface area contributed by atoms with Crippen molar-refractivity contribution in [3.8, 4) is 0 Å². The zero-order chi connectivity index (χ0) is 11.4. The van der Waals surface area contributed by atoms with E-state index in [-0.39, 0.29) is 0 Å². The lowest BCUT2D eigenvalue weighted by atomic mass is 9.75. The maximum atomic E-state index is 9.36. The van der Waals surface area contributed by atoms with Crippen molar-refractivity contribution >= 4 is 12.6 Å². The number of aliphatic hydroxyl groups is 1. The zero-order valence-electron chi connectivity index (χ0n) is 10.2. The summed E-state index contributed by atoms with van der Waals surface area (Å²) >= 11 is 4.59. The third-order valence-corrected chi connectivity index (χ3v) is 5.17. The molecule has 0 aromatic heterocycles. The molecule has 1 heterocycles. The van der Waals surface area contributed by atoms with Crippen LogP contribution in [0.2, 0.25) is 0 Å². The standard InChI is InChI=1S/C13H25NOS/c15-9-12-5-4-8-14(12)10-13(11-16)6-2-1-3-7-13/h12,15-16H,1-11H2. The van der Waals surface area contributed by atoms with Crippen LogP contribution in [0.3, 0.4) is 0 Å². The minimum absolute atomic E-state index is 0.336. The van der Waals surface area contributed by atoms with Crippen LogP contribution < -0.4 is 0 Å². The van der Waals surface area contributed by atoms with Crippen molar-refractivity contribution in [3.63, 3.8) is 0 Å². The number of aliphatic hydroxyl groups excluding tert-OH is 1. The van der Waals surface area contributed by atoms with Gasteiger partial charge in [0, 0.05) is 12.6 Å². The van der Waals surface area contributed by atoms with Crippen molar-refractivity contribution in [1.29, 1.82) is 0 Å². The Balaban J connectivity index is 1.94. The fraction of sp³-hybridized carbons (Fsp3) is 1.00. The smallest absolute Gasteiger partial charge is 0.0586 e. The average Bonchev–Trinajstić information content (AvgIpc) is 2.77. The number of likely N-dealkylation sites (tertiary alicyclic amines) is 1. The first-order valence-electron chi connectivity index (χ1n) is 6.75. The van der Waals surface area contributed by atoms with Crippen molar-refractivity contribution in [3.05, 3.63) is 0 Å². The third kappa shape index (κ3) is 2.74. The summed E-state index contributed by atoms with van der Waals surface area (Å²) in [6, 6.07) is 0.429. The van der Waals surface area contributed by atoms with Crippen LogP contribution in [0.15, 0.2) is 0 Å². The molecular weight excluding hydrogens is 218 g/mol. The zero-order valence-corrected chi connectivity index (χ0v) is 11.1. The Labute approximate surface area is 105 Å². The molecule has 1 aliphatic heterocycles. The lowest BCUT2D eigenvalue weighted by molar-refractivity contribution is 0.0896. The lowest BCUT2D eigenvalue weighted by Gasteiger charge is -2.40. The second-order valence-electron chi connectivity index (χ2n) is 5.67. The van der Waals surface area contributed by atoms with E-state index in [0.29, 0.717) is 18.1 Å². The Morgan fingerprint density at radius 3 is 2.56 bits per heavy atom. The van der Waals surface area contributed by atoms with Gasteiger partial charge in [-0.05, 0) is 43.4 Å². The molecule has 3 heteroatoms. The van der Waals surface area contributed by atoms with Crippen LogP contribution in [0.1, 0.15) is 44.9 Å².